The number of rotatable bonds is 3. The van der Waals surface area contributed by atoms with E-state index < -0.39 is 0 Å². The third-order valence-electron chi connectivity index (χ3n) is 5.63. The lowest BCUT2D eigenvalue weighted by molar-refractivity contribution is -0.132. The maximum Gasteiger partial charge on any atom is 0.265 e. The number of carbonyl (C=O) groups is 2. The molecular weight excluding hydrogens is 372 g/mol. The monoisotopic (exact) mass is 394 g/mol. The fraction of sp³-hybridized carbons (Fsp3) is 0.364. The van der Waals surface area contributed by atoms with Gasteiger partial charge in [-0.25, -0.2) is 0 Å². The van der Waals surface area contributed by atoms with Crippen LogP contribution in [0.3, 0.4) is 0 Å². The quantitative estimate of drug-likeness (QED) is 0.800. The van der Waals surface area contributed by atoms with E-state index in [4.69, 9.17) is 14.2 Å². The second-order valence-electron chi connectivity index (χ2n) is 7.38. The van der Waals surface area contributed by atoms with Crippen LogP contribution < -0.4 is 19.1 Å². The average molecular weight is 394 g/mol. The molecule has 0 bridgehead atoms. The summed E-state index contributed by atoms with van der Waals surface area (Å²) in [4.78, 5) is 29.0. The lowest BCUT2D eigenvalue weighted by atomic mass is 10.0. The molecule has 0 aromatic heterocycles. The van der Waals surface area contributed by atoms with Gasteiger partial charge >= 0.3 is 0 Å². The zero-order valence-corrected chi connectivity index (χ0v) is 16.0. The highest BCUT2D eigenvalue weighted by molar-refractivity contribution is 6.02. The van der Waals surface area contributed by atoms with Gasteiger partial charge in [-0.3, -0.25) is 14.5 Å². The van der Waals surface area contributed by atoms with Crippen LogP contribution in [-0.2, 0) is 9.59 Å². The summed E-state index contributed by atoms with van der Waals surface area (Å²) in [6.07, 6.45) is 1.82. The number of nitrogens with zero attached hydrogens (tertiary/aromatic N) is 2. The van der Waals surface area contributed by atoms with Crippen LogP contribution in [0.1, 0.15) is 24.4 Å². The molecule has 1 fully saturated rings. The van der Waals surface area contributed by atoms with Crippen molar-refractivity contribution >= 4 is 17.5 Å². The third kappa shape index (κ3) is 3.26. The van der Waals surface area contributed by atoms with E-state index in [1.807, 2.05) is 47.4 Å². The number of fused-ring (bicyclic) bond motifs is 2. The fourth-order valence-corrected chi connectivity index (χ4v) is 4.23. The van der Waals surface area contributed by atoms with Gasteiger partial charge in [-0.2, -0.15) is 0 Å². The topological polar surface area (TPSA) is 68.3 Å². The SMILES string of the molecule is O=C1COc2ccccc2N1CC(=O)N1CCC[C@H]1c1ccc2c(c1)OCCO2. The zero-order chi connectivity index (χ0) is 19.8. The summed E-state index contributed by atoms with van der Waals surface area (Å²) < 4.78 is 16.8. The molecule has 150 valence electrons. The largest absolute Gasteiger partial charge is 0.486 e. The lowest BCUT2D eigenvalue weighted by Gasteiger charge is -2.32. The summed E-state index contributed by atoms with van der Waals surface area (Å²) >= 11 is 0. The number of likely N-dealkylation sites (tertiary alicyclic amines) is 1. The molecule has 3 heterocycles. The maximum atomic E-state index is 13.2. The number of hydrogen-bond acceptors (Lipinski definition) is 5. The molecule has 0 N–H and O–H groups in total. The Kier molecular flexibility index (Phi) is 4.50. The first-order valence-electron chi connectivity index (χ1n) is 9.92. The van der Waals surface area contributed by atoms with Gasteiger partial charge in [-0.15, -0.1) is 0 Å². The summed E-state index contributed by atoms with van der Waals surface area (Å²) in [6.45, 7) is 1.73. The van der Waals surface area contributed by atoms with E-state index in [0.29, 0.717) is 31.2 Å². The molecule has 3 aliphatic rings. The number of amides is 2. The fourth-order valence-electron chi connectivity index (χ4n) is 4.23. The number of benzene rings is 2. The highest BCUT2D eigenvalue weighted by atomic mass is 16.6. The van der Waals surface area contributed by atoms with Crippen molar-refractivity contribution in [3.63, 3.8) is 0 Å². The average Bonchev–Trinajstić information content (AvgIpc) is 3.25. The Bertz CT molecular complexity index is 960. The van der Waals surface area contributed by atoms with E-state index in [0.717, 1.165) is 29.9 Å². The van der Waals surface area contributed by atoms with Gasteiger partial charge in [0.2, 0.25) is 5.91 Å². The second-order valence-corrected chi connectivity index (χ2v) is 7.38. The number of anilines is 1. The molecule has 3 aliphatic heterocycles. The van der Waals surface area contributed by atoms with E-state index in [-0.39, 0.29) is 31.0 Å². The van der Waals surface area contributed by atoms with Crippen LogP contribution >= 0.6 is 0 Å². The Hall–Kier alpha value is -3.22. The minimum absolute atomic E-state index is 0.0141. The van der Waals surface area contributed by atoms with Gasteiger partial charge in [-0.05, 0) is 42.7 Å². The summed E-state index contributed by atoms with van der Waals surface area (Å²) in [5.41, 5.74) is 1.68. The first kappa shape index (κ1) is 17.8. The van der Waals surface area contributed by atoms with Crippen molar-refractivity contribution in [2.45, 2.75) is 18.9 Å². The Balaban J connectivity index is 1.36. The van der Waals surface area contributed by atoms with E-state index in [2.05, 4.69) is 0 Å². The molecule has 0 saturated carbocycles. The predicted octanol–water partition coefficient (Wildman–Crippen LogP) is 2.55. The van der Waals surface area contributed by atoms with Gasteiger partial charge < -0.3 is 19.1 Å². The Morgan fingerprint density at radius 2 is 1.83 bits per heavy atom. The van der Waals surface area contributed by atoms with Crippen molar-refractivity contribution in [1.29, 1.82) is 0 Å². The van der Waals surface area contributed by atoms with E-state index >= 15 is 0 Å². The Labute approximate surface area is 168 Å². The molecule has 2 aromatic rings. The molecule has 2 aromatic carbocycles. The van der Waals surface area contributed by atoms with Gasteiger partial charge in [-0.1, -0.05) is 18.2 Å². The summed E-state index contributed by atoms with van der Waals surface area (Å²) in [6, 6.07) is 13.2. The van der Waals surface area contributed by atoms with Gasteiger partial charge in [0.05, 0.1) is 11.7 Å². The second kappa shape index (κ2) is 7.31. The first-order valence-corrected chi connectivity index (χ1v) is 9.92. The van der Waals surface area contributed by atoms with Gasteiger partial charge in [0.1, 0.15) is 25.5 Å². The highest BCUT2D eigenvalue weighted by Gasteiger charge is 2.34. The summed E-state index contributed by atoms with van der Waals surface area (Å²) in [5.74, 6) is 1.83. The molecule has 0 spiro atoms. The maximum absolute atomic E-state index is 13.2. The molecule has 0 unspecified atom stereocenters. The predicted molar refractivity (Wildman–Crippen MR) is 105 cm³/mol. The Morgan fingerprint density at radius 1 is 1.00 bits per heavy atom. The molecular formula is C22H22N2O5. The van der Waals surface area contributed by atoms with E-state index in [9.17, 15) is 9.59 Å². The van der Waals surface area contributed by atoms with Gasteiger partial charge in [0.25, 0.3) is 5.91 Å². The van der Waals surface area contributed by atoms with Crippen molar-refractivity contribution in [2.24, 2.45) is 0 Å². The minimum Gasteiger partial charge on any atom is -0.486 e. The van der Waals surface area contributed by atoms with Crippen molar-refractivity contribution in [3.05, 3.63) is 48.0 Å². The Morgan fingerprint density at radius 3 is 2.72 bits per heavy atom. The smallest absolute Gasteiger partial charge is 0.265 e. The first-order chi connectivity index (χ1) is 14.2. The van der Waals surface area contributed by atoms with Crippen molar-refractivity contribution < 1.29 is 23.8 Å². The highest BCUT2D eigenvalue weighted by Crippen LogP contribution is 2.38. The van der Waals surface area contributed by atoms with Crippen LogP contribution in [0.25, 0.3) is 0 Å². The van der Waals surface area contributed by atoms with Crippen LogP contribution in [0, 0.1) is 0 Å². The molecule has 2 amide bonds. The summed E-state index contributed by atoms with van der Waals surface area (Å²) in [5, 5.41) is 0. The van der Waals surface area contributed by atoms with Crippen LogP contribution in [0.15, 0.2) is 42.5 Å². The minimum atomic E-state index is -0.202. The van der Waals surface area contributed by atoms with Gasteiger partial charge in [0.15, 0.2) is 18.1 Å². The number of carbonyl (C=O) groups excluding carboxylic acids is 2. The van der Waals surface area contributed by atoms with Crippen LogP contribution in [0.4, 0.5) is 5.69 Å². The van der Waals surface area contributed by atoms with Crippen LogP contribution in [0.5, 0.6) is 17.2 Å². The summed E-state index contributed by atoms with van der Waals surface area (Å²) in [7, 11) is 0. The lowest BCUT2D eigenvalue weighted by Crippen LogP contribution is -2.46. The van der Waals surface area contributed by atoms with Gasteiger partial charge in [0, 0.05) is 6.54 Å². The molecule has 7 heteroatoms. The third-order valence-corrected chi connectivity index (χ3v) is 5.63. The normalized spacial score (nSPS) is 20.3. The van der Waals surface area contributed by atoms with Crippen molar-refractivity contribution in [2.75, 3.05) is 37.8 Å². The molecule has 1 atom stereocenters. The van der Waals surface area contributed by atoms with E-state index in [1.54, 1.807) is 0 Å². The van der Waals surface area contributed by atoms with Crippen molar-refractivity contribution in [3.8, 4) is 17.2 Å². The van der Waals surface area contributed by atoms with Crippen LogP contribution in [0.2, 0.25) is 0 Å². The standard InChI is InChI=1S/C22H22N2O5/c25-21(13-24-17-4-1-2-6-18(17)29-14-22(24)26)23-9-3-5-16(23)15-7-8-19-20(12-15)28-11-10-27-19/h1-2,4,6-8,12,16H,3,5,9-11,13-14H2/t16-/m0/s1. The van der Waals surface area contributed by atoms with Crippen LogP contribution in [-0.4, -0.2) is 49.6 Å². The number of para-hydroxylation sites is 2. The van der Waals surface area contributed by atoms with E-state index in [1.165, 1.54) is 4.90 Å². The molecule has 29 heavy (non-hydrogen) atoms. The molecule has 5 rings (SSSR count). The molecule has 0 radical (unpaired) electrons. The molecule has 7 nitrogen and oxygen atoms in total. The number of ether oxygens (including phenoxy) is 3. The molecule has 0 aliphatic carbocycles. The van der Waals surface area contributed by atoms with Crippen molar-refractivity contribution in [1.82, 2.24) is 4.90 Å². The zero-order valence-electron chi connectivity index (χ0n) is 16.0. The molecule has 1 saturated heterocycles. The number of hydrogen-bond donors (Lipinski definition) is 0.